The Bertz CT molecular complexity index is 1010. The van der Waals surface area contributed by atoms with E-state index in [4.69, 9.17) is 0 Å². The summed E-state index contributed by atoms with van der Waals surface area (Å²) in [5.74, 6) is -0.821. The fourth-order valence-electron chi connectivity index (χ4n) is 3.54. The Morgan fingerprint density at radius 2 is 1.60 bits per heavy atom. The van der Waals surface area contributed by atoms with E-state index in [9.17, 15) is 22.4 Å². The number of piperidine rings is 1. The number of hydrogen-bond donors (Lipinski definition) is 1. The Labute approximate surface area is 176 Å². The van der Waals surface area contributed by atoms with E-state index in [1.807, 2.05) is 6.92 Å². The molecule has 1 aliphatic heterocycles. The van der Waals surface area contributed by atoms with Gasteiger partial charge in [0.25, 0.3) is 5.91 Å². The molecule has 2 aromatic carbocycles. The SMILES string of the molecule is CC(NC(=O)C1CCN(C(=O)c2ccc(F)cc2)CC1)c1ccc(S(C)(=O)=O)cc1. The molecule has 0 saturated carbocycles. The number of rotatable bonds is 5. The van der Waals surface area contributed by atoms with Gasteiger partial charge >= 0.3 is 0 Å². The zero-order valence-corrected chi connectivity index (χ0v) is 17.8. The van der Waals surface area contributed by atoms with E-state index in [1.54, 1.807) is 17.0 Å². The zero-order chi connectivity index (χ0) is 21.9. The summed E-state index contributed by atoms with van der Waals surface area (Å²) in [6, 6.07) is 11.7. The van der Waals surface area contributed by atoms with Crippen LogP contribution >= 0.6 is 0 Å². The summed E-state index contributed by atoms with van der Waals surface area (Å²) in [5, 5.41) is 2.97. The molecule has 30 heavy (non-hydrogen) atoms. The van der Waals surface area contributed by atoms with E-state index in [0.29, 0.717) is 31.5 Å². The molecule has 1 heterocycles. The lowest BCUT2D eigenvalue weighted by Crippen LogP contribution is -2.43. The highest BCUT2D eigenvalue weighted by Gasteiger charge is 2.28. The minimum absolute atomic E-state index is 0.0800. The average molecular weight is 433 g/mol. The summed E-state index contributed by atoms with van der Waals surface area (Å²) in [5.41, 5.74) is 1.25. The van der Waals surface area contributed by atoms with Gasteiger partial charge in [-0.1, -0.05) is 12.1 Å². The van der Waals surface area contributed by atoms with Crippen molar-refractivity contribution in [1.82, 2.24) is 10.2 Å². The van der Waals surface area contributed by atoms with Crippen molar-refractivity contribution in [3.8, 4) is 0 Å². The quantitative estimate of drug-likeness (QED) is 0.787. The molecule has 1 aliphatic rings. The molecular formula is C22H25FN2O4S. The highest BCUT2D eigenvalue weighted by molar-refractivity contribution is 7.90. The summed E-state index contributed by atoms with van der Waals surface area (Å²) < 4.78 is 36.2. The van der Waals surface area contributed by atoms with Crippen LogP contribution in [0.3, 0.4) is 0 Å². The van der Waals surface area contributed by atoms with Crippen molar-refractivity contribution in [2.45, 2.75) is 30.7 Å². The van der Waals surface area contributed by atoms with Crippen LogP contribution < -0.4 is 5.32 Å². The van der Waals surface area contributed by atoms with E-state index < -0.39 is 9.84 Å². The molecule has 0 aliphatic carbocycles. The van der Waals surface area contributed by atoms with Crippen LogP contribution in [0, 0.1) is 11.7 Å². The lowest BCUT2D eigenvalue weighted by molar-refractivity contribution is -0.127. The van der Waals surface area contributed by atoms with Gasteiger partial charge in [0, 0.05) is 30.8 Å². The number of carbonyl (C=O) groups is 2. The Morgan fingerprint density at radius 3 is 2.13 bits per heavy atom. The number of hydrogen-bond acceptors (Lipinski definition) is 4. The molecule has 2 aromatic rings. The summed E-state index contributed by atoms with van der Waals surface area (Å²) in [7, 11) is -3.26. The molecule has 2 amide bonds. The molecule has 8 heteroatoms. The van der Waals surface area contributed by atoms with Crippen molar-refractivity contribution in [2.24, 2.45) is 5.92 Å². The fourth-order valence-corrected chi connectivity index (χ4v) is 4.17. The maximum atomic E-state index is 13.0. The largest absolute Gasteiger partial charge is 0.349 e. The Hall–Kier alpha value is -2.74. The molecule has 1 N–H and O–H groups in total. The van der Waals surface area contributed by atoms with Gasteiger partial charge in [-0.2, -0.15) is 0 Å². The average Bonchev–Trinajstić information content (AvgIpc) is 2.73. The van der Waals surface area contributed by atoms with E-state index in [1.165, 1.54) is 36.4 Å². The third kappa shape index (κ3) is 5.24. The molecular weight excluding hydrogens is 407 g/mol. The number of sulfone groups is 1. The number of benzene rings is 2. The van der Waals surface area contributed by atoms with Gasteiger partial charge in [-0.15, -0.1) is 0 Å². The number of carbonyl (C=O) groups excluding carboxylic acids is 2. The summed E-state index contributed by atoms with van der Waals surface area (Å²) in [6.07, 6.45) is 2.26. The van der Waals surface area contributed by atoms with Crippen LogP contribution in [-0.4, -0.2) is 44.5 Å². The Kier molecular flexibility index (Phi) is 6.55. The first-order chi connectivity index (χ1) is 14.1. The molecule has 3 rings (SSSR count). The smallest absolute Gasteiger partial charge is 0.253 e. The van der Waals surface area contributed by atoms with Gasteiger partial charge in [0.2, 0.25) is 5.91 Å². The normalized spacial score (nSPS) is 16.2. The lowest BCUT2D eigenvalue weighted by atomic mass is 9.94. The van der Waals surface area contributed by atoms with Gasteiger partial charge in [0.1, 0.15) is 5.82 Å². The first-order valence-electron chi connectivity index (χ1n) is 9.80. The number of halogens is 1. The molecule has 1 unspecified atom stereocenters. The molecule has 1 saturated heterocycles. The predicted molar refractivity (Wildman–Crippen MR) is 111 cm³/mol. The second-order valence-corrected chi connectivity index (χ2v) is 9.66. The zero-order valence-electron chi connectivity index (χ0n) is 17.0. The van der Waals surface area contributed by atoms with Gasteiger partial charge in [0.05, 0.1) is 10.9 Å². The van der Waals surface area contributed by atoms with Crippen LogP contribution in [0.1, 0.15) is 41.7 Å². The second kappa shape index (κ2) is 8.95. The summed E-state index contributed by atoms with van der Waals surface area (Å²) in [4.78, 5) is 27.1. The second-order valence-electron chi connectivity index (χ2n) is 7.64. The van der Waals surface area contributed by atoms with E-state index in [0.717, 1.165) is 11.8 Å². The van der Waals surface area contributed by atoms with Gasteiger partial charge in [0.15, 0.2) is 9.84 Å². The Morgan fingerprint density at radius 1 is 1.03 bits per heavy atom. The van der Waals surface area contributed by atoms with Crippen LogP contribution in [0.2, 0.25) is 0 Å². The van der Waals surface area contributed by atoms with Crippen LogP contribution in [0.5, 0.6) is 0 Å². The van der Waals surface area contributed by atoms with Crippen molar-refractivity contribution in [3.05, 3.63) is 65.5 Å². The minimum atomic E-state index is -3.26. The van der Waals surface area contributed by atoms with E-state index in [-0.39, 0.29) is 34.5 Å². The van der Waals surface area contributed by atoms with Gasteiger partial charge in [-0.05, 0) is 61.7 Å². The highest BCUT2D eigenvalue weighted by Crippen LogP contribution is 2.22. The molecule has 0 aromatic heterocycles. The molecule has 0 bridgehead atoms. The third-order valence-electron chi connectivity index (χ3n) is 5.41. The maximum absolute atomic E-state index is 13.0. The summed E-state index contributed by atoms with van der Waals surface area (Å²) >= 11 is 0. The third-order valence-corrected chi connectivity index (χ3v) is 6.54. The summed E-state index contributed by atoms with van der Waals surface area (Å²) in [6.45, 7) is 2.78. The van der Waals surface area contributed by atoms with Crippen molar-refractivity contribution in [3.63, 3.8) is 0 Å². The fraction of sp³-hybridized carbons (Fsp3) is 0.364. The molecule has 1 fully saturated rings. The van der Waals surface area contributed by atoms with E-state index >= 15 is 0 Å². The van der Waals surface area contributed by atoms with Gasteiger partial charge in [-0.3, -0.25) is 9.59 Å². The van der Waals surface area contributed by atoms with Crippen LogP contribution in [-0.2, 0) is 14.6 Å². The van der Waals surface area contributed by atoms with Crippen molar-refractivity contribution in [2.75, 3.05) is 19.3 Å². The molecule has 0 spiro atoms. The molecule has 0 radical (unpaired) electrons. The molecule has 160 valence electrons. The number of likely N-dealkylation sites (tertiary alicyclic amines) is 1. The lowest BCUT2D eigenvalue weighted by Gasteiger charge is -2.32. The minimum Gasteiger partial charge on any atom is -0.349 e. The van der Waals surface area contributed by atoms with Gasteiger partial charge < -0.3 is 10.2 Å². The topological polar surface area (TPSA) is 83.6 Å². The molecule has 1 atom stereocenters. The van der Waals surface area contributed by atoms with Crippen LogP contribution in [0.4, 0.5) is 4.39 Å². The first-order valence-corrected chi connectivity index (χ1v) is 11.7. The number of amides is 2. The van der Waals surface area contributed by atoms with Gasteiger partial charge in [-0.25, -0.2) is 12.8 Å². The molecule has 6 nitrogen and oxygen atoms in total. The van der Waals surface area contributed by atoms with Crippen molar-refractivity contribution in [1.29, 1.82) is 0 Å². The Balaban J connectivity index is 1.53. The van der Waals surface area contributed by atoms with E-state index in [2.05, 4.69) is 5.32 Å². The van der Waals surface area contributed by atoms with Crippen molar-refractivity contribution < 1.29 is 22.4 Å². The monoisotopic (exact) mass is 432 g/mol. The van der Waals surface area contributed by atoms with Crippen molar-refractivity contribution >= 4 is 21.7 Å². The van der Waals surface area contributed by atoms with Crippen LogP contribution in [0.15, 0.2) is 53.4 Å². The van der Waals surface area contributed by atoms with Crippen LogP contribution in [0.25, 0.3) is 0 Å². The predicted octanol–water partition coefficient (Wildman–Crippen LogP) is 2.96. The maximum Gasteiger partial charge on any atom is 0.253 e. The number of nitrogens with one attached hydrogen (secondary N) is 1. The first kappa shape index (κ1) is 22.0. The number of nitrogens with zero attached hydrogens (tertiary/aromatic N) is 1. The standard InChI is InChI=1S/C22H25FN2O4S/c1-15(16-5-9-20(10-6-16)30(2,28)29)24-21(26)17-11-13-25(14-12-17)22(27)18-3-7-19(23)8-4-18/h3-10,15,17H,11-14H2,1-2H3,(H,24,26). The highest BCUT2D eigenvalue weighted by atomic mass is 32.2.